The lowest BCUT2D eigenvalue weighted by Gasteiger charge is -2.15. The maximum atomic E-state index is 6.01. The van der Waals surface area contributed by atoms with E-state index in [0.717, 1.165) is 23.5 Å². The van der Waals surface area contributed by atoms with E-state index in [1.807, 2.05) is 13.0 Å². The van der Waals surface area contributed by atoms with Crippen molar-refractivity contribution in [3.8, 4) is 0 Å². The Balaban J connectivity index is 1.72. The zero-order chi connectivity index (χ0) is 12.1. The van der Waals surface area contributed by atoms with E-state index in [1.165, 1.54) is 38.9 Å². The molecule has 0 spiro atoms. The molecule has 1 fully saturated rings. The molecule has 0 saturated carbocycles. The molecule has 3 N–H and O–H groups in total. The average molecular weight is 233 g/mol. The number of nitrogens with two attached hydrogens (primary N) is 1. The highest BCUT2D eigenvalue weighted by Crippen LogP contribution is 2.21. The SMILES string of the molecule is Cc1cccc(NCCCN2CCCC2)c1N. The molecule has 3 heteroatoms. The minimum Gasteiger partial charge on any atom is -0.397 e. The van der Waals surface area contributed by atoms with Crippen molar-refractivity contribution in [3.05, 3.63) is 23.8 Å². The van der Waals surface area contributed by atoms with Gasteiger partial charge in [-0.25, -0.2) is 0 Å². The normalized spacial score (nSPS) is 16.3. The summed E-state index contributed by atoms with van der Waals surface area (Å²) in [7, 11) is 0. The van der Waals surface area contributed by atoms with Crippen LogP contribution in [0.15, 0.2) is 18.2 Å². The molecule has 1 aromatic carbocycles. The van der Waals surface area contributed by atoms with Crippen molar-refractivity contribution in [1.82, 2.24) is 4.90 Å². The number of benzene rings is 1. The molecule has 17 heavy (non-hydrogen) atoms. The number of hydrogen-bond donors (Lipinski definition) is 2. The Hall–Kier alpha value is -1.22. The van der Waals surface area contributed by atoms with Crippen molar-refractivity contribution in [1.29, 1.82) is 0 Å². The van der Waals surface area contributed by atoms with Gasteiger partial charge in [-0.05, 0) is 57.5 Å². The van der Waals surface area contributed by atoms with Gasteiger partial charge in [-0.3, -0.25) is 0 Å². The number of likely N-dealkylation sites (tertiary alicyclic amines) is 1. The highest BCUT2D eigenvalue weighted by atomic mass is 15.1. The first-order valence-corrected chi connectivity index (χ1v) is 6.58. The third kappa shape index (κ3) is 3.37. The number of nitrogen functional groups attached to an aromatic ring is 1. The van der Waals surface area contributed by atoms with E-state index in [2.05, 4.69) is 22.3 Å². The zero-order valence-electron chi connectivity index (χ0n) is 10.7. The van der Waals surface area contributed by atoms with Crippen LogP contribution in [-0.4, -0.2) is 31.1 Å². The minimum atomic E-state index is 0.883. The second-order valence-corrected chi connectivity index (χ2v) is 4.87. The quantitative estimate of drug-likeness (QED) is 0.606. The molecule has 1 heterocycles. The number of aryl methyl sites for hydroxylation is 1. The lowest BCUT2D eigenvalue weighted by atomic mass is 10.1. The van der Waals surface area contributed by atoms with Gasteiger partial charge in [0.15, 0.2) is 0 Å². The molecule has 94 valence electrons. The van der Waals surface area contributed by atoms with Crippen LogP contribution in [0, 0.1) is 6.92 Å². The lowest BCUT2D eigenvalue weighted by molar-refractivity contribution is 0.337. The number of rotatable bonds is 5. The van der Waals surface area contributed by atoms with Crippen LogP contribution in [0.2, 0.25) is 0 Å². The summed E-state index contributed by atoms with van der Waals surface area (Å²) >= 11 is 0. The van der Waals surface area contributed by atoms with Gasteiger partial charge in [0.2, 0.25) is 0 Å². The standard InChI is InChI=1S/C14H23N3/c1-12-6-4-7-13(14(12)15)16-8-5-11-17-9-2-3-10-17/h4,6-7,16H,2-3,5,8-11,15H2,1H3. The van der Waals surface area contributed by atoms with Gasteiger partial charge < -0.3 is 16.0 Å². The summed E-state index contributed by atoms with van der Waals surface area (Å²) in [4.78, 5) is 2.54. The van der Waals surface area contributed by atoms with Gasteiger partial charge in [-0.15, -0.1) is 0 Å². The van der Waals surface area contributed by atoms with Crippen LogP contribution >= 0.6 is 0 Å². The maximum absolute atomic E-state index is 6.01. The van der Waals surface area contributed by atoms with Crippen molar-refractivity contribution in [2.24, 2.45) is 0 Å². The molecule has 0 bridgehead atoms. The first-order valence-electron chi connectivity index (χ1n) is 6.58. The zero-order valence-corrected chi connectivity index (χ0v) is 10.7. The first-order chi connectivity index (χ1) is 8.27. The Morgan fingerprint density at radius 1 is 1.29 bits per heavy atom. The molecule has 0 unspecified atom stereocenters. The smallest absolute Gasteiger partial charge is 0.0579 e. The van der Waals surface area contributed by atoms with Crippen LogP contribution in [0.1, 0.15) is 24.8 Å². The molecule has 1 aliphatic heterocycles. The molecule has 3 nitrogen and oxygen atoms in total. The van der Waals surface area contributed by atoms with Crippen LogP contribution in [0.5, 0.6) is 0 Å². The first kappa shape index (κ1) is 12.2. The van der Waals surface area contributed by atoms with Crippen molar-refractivity contribution < 1.29 is 0 Å². The van der Waals surface area contributed by atoms with Crippen LogP contribution in [0.3, 0.4) is 0 Å². The van der Waals surface area contributed by atoms with E-state index >= 15 is 0 Å². The third-order valence-electron chi connectivity index (χ3n) is 3.49. The number of nitrogens with one attached hydrogen (secondary N) is 1. The van der Waals surface area contributed by atoms with Crippen molar-refractivity contribution in [3.63, 3.8) is 0 Å². The molecule has 0 atom stereocenters. The van der Waals surface area contributed by atoms with E-state index in [9.17, 15) is 0 Å². The van der Waals surface area contributed by atoms with Crippen molar-refractivity contribution >= 4 is 11.4 Å². The summed E-state index contributed by atoms with van der Waals surface area (Å²) in [6, 6.07) is 6.15. The Labute approximate surface area is 104 Å². The number of anilines is 2. The molecular weight excluding hydrogens is 210 g/mol. The van der Waals surface area contributed by atoms with Gasteiger partial charge >= 0.3 is 0 Å². The summed E-state index contributed by atoms with van der Waals surface area (Å²) in [5.41, 5.74) is 9.12. The lowest BCUT2D eigenvalue weighted by Crippen LogP contribution is -2.22. The Morgan fingerprint density at radius 2 is 2.06 bits per heavy atom. The van der Waals surface area contributed by atoms with Gasteiger partial charge in [-0.1, -0.05) is 12.1 Å². The maximum Gasteiger partial charge on any atom is 0.0579 e. The van der Waals surface area contributed by atoms with E-state index in [4.69, 9.17) is 5.73 Å². The molecule has 0 radical (unpaired) electrons. The fourth-order valence-corrected chi connectivity index (χ4v) is 2.37. The van der Waals surface area contributed by atoms with Gasteiger partial charge in [0.25, 0.3) is 0 Å². The van der Waals surface area contributed by atoms with E-state index < -0.39 is 0 Å². The van der Waals surface area contributed by atoms with Gasteiger partial charge in [-0.2, -0.15) is 0 Å². The fraction of sp³-hybridized carbons (Fsp3) is 0.571. The highest BCUT2D eigenvalue weighted by Gasteiger charge is 2.10. The second-order valence-electron chi connectivity index (χ2n) is 4.87. The predicted octanol–water partition coefficient (Wildman–Crippen LogP) is 2.48. The third-order valence-corrected chi connectivity index (χ3v) is 3.49. The topological polar surface area (TPSA) is 41.3 Å². The number of nitrogens with zero attached hydrogens (tertiary/aromatic N) is 1. The second kappa shape index (κ2) is 5.92. The van der Waals surface area contributed by atoms with Gasteiger partial charge in [0.1, 0.15) is 0 Å². The van der Waals surface area contributed by atoms with Crippen molar-refractivity contribution in [2.45, 2.75) is 26.2 Å². The molecule has 1 saturated heterocycles. The minimum absolute atomic E-state index is 0.883. The van der Waals surface area contributed by atoms with E-state index in [0.29, 0.717) is 0 Å². The number of hydrogen-bond acceptors (Lipinski definition) is 3. The molecule has 1 aliphatic rings. The molecule has 0 aliphatic carbocycles. The Bertz CT molecular complexity index is 356. The summed E-state index contributed by atoms with van der Waals surface area (Å²) in [6.07, 6.45) is 3.93. The van der Waals surface area contributed by atoms with Crippen LogP contribution in [0.25, 0.3) is 0 Å². The summed E-state index contributed by atoms with van der Waals surface area (Å²) in [5.74, 6) is 0. The van der Waals surface area contributed by atoms with Gasteiger partial charge in [0.05, 0.1) is 11.4 Å². The fourth-order valence-electron chi connectivity index (χ4n) is 2.37. The summed E-state index contributed by atoms with van der Waals surface area (Å²) in [6.45, 7) is 6.83. The van der Waals surface area contributed by atoms with Crippen LogP contribution in [0.4, 0.5) is 11.4 Å². The Kier molecular flexibility index (Phi) is 4.26. The largest absolute Gasteiger partial charge is 0.397 e. The molecular formula is C14H23N3. The molecule has 2 rings (SSSR count). The summed E-state index contributed by atoms with van der Waals surface area (Å²) in [5, 5.41) is 3.43. The van der Waals surface area contributed by atoms with Crippen molar-refractivity contribution in [2.75, 3.05) is 37.2 Å². The van der Waals surface area contributed by atoms with Crippen LogP contribution in [-0.2, 0) is 0 Å². The average Bonchev–Trinajstić information content (AvgIpc) is 2.83. The number of para-hydroxylation sites is 1. The van der Waals surface area contributed by atoms with Gasteiger partial charge in [0, 0.05) is 6.54 Å². The molecule has 1 aromatic rings. The molecule has 0 amide bonds. The van der Waals surface area contributed by atoms with Crippen LogP contribution < -0.4 is 11.1 Å². The highest BCUT2D eigenvalue weighted by molar-refractivity contribution is 5.69. The molecule has 0 aromatic heterocycles. The summed E-state index contributed by atoms with van der Waals surface area (Å²) < 4.78 is 0. The monoisotopic (exact) mass is 233 g/mol. The van der Waals surface area contributed by atoms with E-state index in [-0.39, 0.29) is 0 Å². The van der Waals surface area contributed by atoms with E-state index in [1.54, 1.807) is 0 Å². The Morgan fingerprint density at radius 3 is 2.82 bits per heavy atom. The predicted molar refractivity (Wildman–Crippen MR) is 74.4 cm³/mol.